The van der Waals surface area contributed by atoms with Gasteiger partial charge in [-0.15, -0.1) is 0 Å². The first-order chi connectivity index (χ1) is 19.6. The highest BCUT2D eigenvalue weighted by Gasteiger charge is 2.14. The largest absolute Gasteiger partial charge is 0.478 e. The monoisotopic (exact) mass is 596 g/mol. The molecule has 0 spiro atoms. The average molecular weight is 596 g/mol. The highest BCUT2D eigenvalue weighted by molar-refractivity contribution is 5.93. The molecule has 0 radical (unpaired) electrons. The Hall–Kier alpha value is -5.80. The number of carbonyl (C=O) groups is 4. The smallest absolute Gasteiger partial charge is 0.335 e. The van der Waals surface area contributed by atoms with Crippen LogP contribution in [0.4, 0.5) is 26.3 Å². The predicted molar refractivity (Wildman–Crippen MR) is 132 cm³/mol. The third-order valence-corrected chi connectivity index (χ3v) is 4.39. The van der Waals surface area contributed by atoms with Crippen molar-refractivity contribution in [3.05, 3.63) is 130 Å². The van der Waals surface area contributed by atoms with Crippen molar-refractivity contribution in [3.63, 3.8) is 0 Å². The average Bonchev–Trinajstić information content (AvgIpc) is 2.96. The van der Waals surface area contributed by atoms with Gasteiger partial charge >= 0.3 is 11.9 Å². The number of carboxylic acids is 2. The van der Waals surface area contributed by atoms with Crippen LogP contribution in [0.25, 0.3) is 0 Å². The Bertz CT molecular complexity index is 1400. The maximum absolute atomic E-state index is 12.3. The molecule has 2 aromatic carbocycles. The van der Waals surface area contributed by atoms with Gasteiger partial charge in [0.1, 0.15) is 0 Å². The van der Waals surface area contributed by atoms with E-state index in [0.29, 0.717) is 35.4 Å². The van der Waals surface area contributed by atoms with E-state index in [1.54, 1.807) is 24.3 Å². The number of hydrogen-bond acceptors (Lipinski definition) is 6. The van der Waals surface area contributed by atoms with Gasteiger partial charge in [0.25, 0.3) is 0 Å². The van der Waals surface area contributed by atoms with Crippen molar-refractivity contribution in [2.45, 2.75) is 0 Å². The maximum atomic E-state index is 12.3. The van der Waals surface area contributed by atoms with Gasteiger partial charge in [0.05, 0.1) is 11.1 Å². The number of aromatic carboxylic acids is 2. The number of nitrogens with two attached hydrogens (primary N) is 2. The Morgan fingerprint density at radius 3 is 0.905 bits per heavy atom. The number of amides is 2. The van der Waals surface area contributed by atoms with Gasteiger partial charge in [0, 0.05) is 35.9 Å². The van der Waals surface area contributed by atoms with Gasteiger partial charge < -0.3 is 21.7 Å². The third kappa shape index (κ3) is 11.1. The first-order valence-electron chi connectivity index (χ1n) is 10.8. The lowest BCUT2D eigenvalue weighted by Crippen LogP contribution is -2.10. The molecule has 0 bridgehead atoms. The second kappa shape index (κ2) is 16.3. The number of hydrogen-bond donors (Lipinski definition) is 4. The number of primary amides is 2. The van der Waals surface area contributed by atoms with Crippen LogP contribution in [0.2, 0.25) is 0 Å². The third-order valence-electron chi connectivity index (χ3n) is 4.39. The van der Waals surface area contributed by atoms with Crippen molar-refractivity contribution in [3.8, 4) is 0 Å². The number of pyridine rings is 2. The van der Waals surface area contributed by atoms with Crippen LogP contribution >= 0.6 is 0 Å². The lowest BCUT2D eigenvalue weighted by atomic mass is 10.2. The molecule has 0 saturated carbocycles. The number of carbonyl (C=O) groups excluding carboxylic acids is 2. The Balaban J connectivity index is 0.000000283. The van der Waals surface area contributed by atoms with Crippen LogP contribution in [0.3, 0.4) is 0 Å². The van der Waals surface area contributed by atoms with Crippen molar-refractivity contribution in [2.75, 3.05) is 0 Å². The van der Waals surface area contributed by atoms with E-state index in [1.807, 2.05) is 0 Å². The minimum absolute atomic E-state index is 0.417. The first kappa shape index (κ1) is 34.2. The van der Waals surface area contributed by atoms with E-state index < -0.39 is 69.8 Å². The van der Waals surface area contributed by atoms with E-state index in [2.05, 4.69) is 9.97 Å². The number of carboxylic acid groups (broad SMARTS) is 2. The van der Waals surface area contributed by atoms with E-state index in [-0.39, 0.29) is 0 Å². The summed E-state index contributed by atoms with van der Waals surface area (Å²) in [7, 11) is 0. The molecule has 0 aliphatic carbocycles. The van der Waals surface area contributed by atoms with Gasteiger partial charge in [0.2, 0.25) is 11.8 Å². The zero-order valence-corrected chi connectivity index (χ0v) is 20.8. The Morgan fingerprint density at radius 2 is 0.738 bits per heavy atom. The molecule has 2 amide bonds. The minimum Gasteiger partial charge on any atom is -0.478 e. The number of nitrogens with zero attached hydrogens (tertiary/aromatic N) is 2. The van der Waals surface area contributed by atoms with Gasteiger partial charge in [-0.3, -0.25) is 19.6 Å². The van der Waals surface area contributed by atoms with Crippen LogP contribution in [-0.4, -0.2) is 43.9 Å². The summed E-state index contributed by atoms with van der Waals surface area (Å²) >= 11 is 0. The lowest BCUT2D eigenvalue weighted by Gasteiger charge is -1.96. The molecule has 0 saturated heterocycles. The fourth-order valence-electron chi connectivity index (χ4n) is 2.39. The quantitative estimate of drug-likeness (QED) is 0.201. The van der Waals surface area contributed by atoms with Crippen molar-refractivity contribution in [1.29, 1.82) is 0 Å². The van der Waals surface area contributed by atoms with Gasteiger partial charge in [-0.05, 0) is 48.5 Å². The van der Waals surface area contributed by atoms with Crippen LogP contribution in [0.5, 0.6) is 0 Å². The van der Waals surface area contributed by atoms with Crippen molar-refractivity contribution >= 4 is 23.8 Å². The van der Waals surface area contributed by atoms with Crippen LogP contribution in [-0.2, 0) is 0 Å². The molecule has 0 aliphatic rings. The standard InChI is InChI=1S/2C7H3F3O2.2C6H6N2O/c2*8-4-1-3(7(11)12)2-5(9)6(4)10;2*7-6(9)5-1-3-8-4-2-5/h2*1-2H,(H,11,12);2*1-4H,(H2,7,9). The van der Waals surface area contributed by atoms with E-state index in [0.717, 1.165) is 0 Å². The SMILES string of the molecule is NC(=O)c1ccncc1.NC(=O)c1ccncc1.O=C(O)c1cc(F)c(F)c(F)c1.O=C(O)c1cc(F)c(F)c(F)c1. The Labute approximate surface area is 231 Å². The molecule has 2 heterocycles. The normalized spacial score (nSPS) is 9.48. The van der Waals surface area contributed by atoms with Crippen molar-refractivity contribution in [2.24, 2.45) is 11.5 Å². The molecule has 4 aromatic rings. The Morgan fingerprint density at radius 1 is 0.500 bits per heavy atom. The van der Waals surface area contributed by atoms with Gasteiger partial charge in [-0.25, -0.2) is 35.9 Å². The molecule has 4 rings (SSSR count). The van der Waals surface area contributed by atoms with Crippen molar-refractivity contribution < 1.29 is 55.7 Å². The van der Waals surface area contributed by atoms with E-state index in [9.17, 15) is 45.5 Å². The summed E-state index contributed by atoms with van der Waals surface area (Å²) in [5.41, 5.74) is 9.64. The van der Waals surface area contributed by atoms with Gasteiger partial charge in [0.15, 0.2) is 34.9 Å². The topological polar surface area (TPSA) is 187 Å². The molecular formula is C26H18F6N4O6. The predicted octanol–water partition coefficient (Wildman–Crippen LogP) is 3.97. The van der Waals surface area contributed by atoms with Crippen LogP contribution < -0.4 is 11.5 Å². The molecule has 0 unspecified atom stereocenters. The number of aromatic nitrogens is 2. The summed E-state index contributed by atoms with van der Waals surface area (Å²) in [6.07, 6.45) is 6.11. The van der Waals surface area contributed by atoms with Gasteiger partial charge in [-0.2, -0.15) is 0 Å². The second-order valence-electron chi connectivity index (χ2n) is 7.32. The highest BCUT2D eigenvalue weighted by atomic mass is 19.2. The molecule has 2 aromatic heterocycles. The number of halogens is 6. The molecular weight excluding hydrogens is 578 g/mol. The molecule has 0 aliphatic heterocycles. The van der Waals surface area contributed by atoms with Crippen LogP contribution in [0, 0.1) is 34.9 Å². The van der Waals surface area contributed by atoms with E-state index in [4.69, 9.17) is 21.7 Å². The summed E-state index contributed by atoms with van der Waals surface area (Å²) in [6, 6.07) is 7.96. The fraction of sp³-hybridized carbons (Fsp3) is 0. The highest BCUT2D eigenvalue weighted by Crippen LogP contribution is 2.14. The maximum Gasteiger partial charge on any atom is 0.335 e. The zero-order valence-electron chi connectivity index (χ0n) is 20.8. The van der Waals surface area contributed by atoms with Crippen LogP contribution in [0.1, 0.15) is 41.4 Å². The summed E-state index contributed by atoms with van der Waals surface area (Å²) < 4.78 is 73.8. The molecule has 10 nitrogen and oxygen atoms in total. The molecule has 0 fully saturated rings. The molecule has 6 N–H and O–H groups in total. The summed E-state index contributed by atoms with van der Waals surface area (Å²) in [6.45, 7) is 0. The minimum atomic E-state index is -1.67. The zero-order chi connectivity index (χ0) is 32.0. The van der Waals surface area contributed by atoms with E-state index in [1.165, 1.54) is 24.8 Å². The molecule has 220 valence electrons. The van der Waals surface area contributed by atoms with Crippen molar-refractivity contribution in [1.82, 2.24) is 9.97 Å². The second-order valence-corrected chi connectivity index (χ2v) is 7.32. The Kier molecular flexibility index (Phi) is 13.3. The van der Waals surface area contributed by atoms with Crippen LogP contribution in [0.15, 0.2) is 73.3 Å². The summed E-state index contributed by atoms with van der Waals surface area (Å²) in [4.78, 5) is 48.6. The van der Waals surface area contributed by atoms with Gasteiger partial charge in [-0.1, -0.05) is 0 Å². The fourth-order valence-corrected chi connectivity index (χ4v) is 2.39. The summed E-state index contributed by atoms with van der Waals surface area (Å²) in [5.74, 6) is -13.2. The number of rotatable bonds is 4. The molecule has 16 heteroatoms. The number of benzene rings is 2. The van der Waals surface area contributed by atoms with E-state index >= 15 is 0 Å². The molecule has 0 atom stereocenters. The molecule has 42 heavy (non-hydrogen) atoms. The first-order valence-corrected chi connectivity index (χ1v) is 10.8. The summed E-state index contributed by atoms with van der Waals surface area (Å²) in [5, 5.41) is 16.5. The lowest BCUT2D eigenvalue weighted by molar-refractivity contribution is 0.0685.